The molecule has 0 bridgehead atoms. The molecule has 1 saturated heterocycles. The Labute approximate surface area is 190 Å². The minimum absolute atomic E-state index is 0.0133. The zero-order chi connectivity index (χ0) is 22.8. The van der Waals surface area contributed by atoms with Crippen LogP contribution in [-0.4, -0.2) is 38.8 Å². The Bertz CT molecular complexity index is 1020. The van der Waals surface area contributed by atoms with E-state index in [1.807, 2.05) is 66.7 Å². The van der Waals surface area contributed by atoms with Gasteiger partial charge in [0.15, 0.2) is 5.82 Å². The van der Waals surface area contributed by atoms with Gasteiger partial charge in [-0.3, -0.25) is 9.78 Å². The highest BCUT2D eigenvalue weighted by Crippen LogP contribution is 2.27. The Morgan fingerprint density at radius 3 is 2.41 bits per heavy atom. The smallest absolute Gasteiger partial charge is 0.272 e. The zero-order valence-electron chi connectivity index (χ0n) is 18.8. The maximum absolute atomic E-state index is 12.8. The summed E-state index contributed by atoms with van der Waals surface area (Å²) in [4.78, 5) is 27.9. The van der Waals surface area contributed by atoms with Gasteiger partial charge in [0.05, 0.1) is 0 Å². The first-order valence-corrected chi connectivity index (χ1v) is 10.9. The highest BCUT2D eigenvalue weighted by atomic mass is 16.2. The number of piperidine rings is 1. The normalized spacial score (nSPS) is 15.8. The fourth-order valence-corrected chi connectivity index (χ4v) is 3.48. The molecule has 0 N–H and O–H groups in total. The van der Waals surface area contributed by atoms with Crippen molar-refractivity contribution in [3.8, 4) is 0 Å². The molecule has 0 aliphatic carbocycles. The van der Waals surface area contributed by atoms with Crippen LogP contribution in [0.4, 0.5) is 0 Å². The van der Waals surface area contributed by atoms with E-state index in [2.05, 4.69) is 34.5 Å². The van der Waals surface area contributed by atoms with Crippen molar-refractivity contribution in [2.75, 3.05) is 13.1 Å². The van der Waals surface area contributed by atoms with Gasteiger partial charge in [-0.25, -0.2) is 9.97 Å². The largest absolute Gasteiger partial charge is 0.337 e. The Hall–Kier alpha value is -3.60. The van der Waals surface area contributed by atoms with Gasteiger partial charge in [0.2, 0.25) is 0 Å². The number of carbonyl (C=O) groups excluding carboxylic acids is 1. The highest BCUT2D eigenvalue weighted by Gasteiger charge is 2.25. The van der Waals surface area contributed by atoms with E-state index in [0.29, 0.717) is 30.5 Å². The number of hydrogen-bond donors (Lipinski definition) is 0. The maximum Gasteiger partial charge on any atom is 0.272 e. The summed E-state index contributed by atoms with van der Waals surface area (Å²) in [5, 5.41) is 0. The van der Waals surface area contributed by atoms with Crippen molar-refractivity contribution in [3.63, 3.8) is 0 Å². The molecule has 3 rings (SSSR count). The minimum Gasteiger partial charge on any atom is -0.337 e. The molecule has 1 aliphatic rings. The molecule has 2 aromatic rings. The second-order valence-corrected chi connectivity index (χ2v) is 7.76. The van der Waals surface area contributed by atoms with Crippen molar-refractivity contribution in [1.29, 1.82) is 0 Å². The molecule has 32 heavy (non-hydrogen) atoms. The van der Waals surface area contributed by atoms with Gasteiger partial charge in [-0.1, -0.05) is 60.8 Å². The van der Waals surface area contributed by atoms with Gasteiger partial charge in [-0.05, 0) is 55.9 Å². The van der Waals surface area contributed by atoms with Crippen molar-refractivity contribution >= 4 is 18.1 Å². The van der Waals surface area contributed by atoms with Gasteiger partial charge < -0.3 is 4.90 Å². The lowest BCUT2D eigenvalue weighted by Gasteiger charge is -2.31. The number of pyridine rings is 1. The summed E-state index contributed by atoms with van der Waals surface area (Å²) in [6, 6.07) is 3.68. The zero-order valence-corrected chi connectivity index (χ0v) is 18.8. The van der Waals surface area contributed by atoms with Crippen molar-refractivity contribution in [2.24, 2.45) is 0 Å². The average molecular weight is 427 g/mol. The van der Waals surface area contributed by atoms with E-state index in [1.165, 1.54) is 5.57 Å². The van der Waals surface area contributed by atoms with Crippen molar-refractivity contribution in [1.82, 2.24) is 19.9 Å². The van der Waals surface area contributed by atoms with Crippen LogP contribution in [0.1, 0.15) is 60.0 Å². The van der Waals surface area contributed by atoms with Crippen LogP contribution in [0.25, 0.3) is 12.2 Å². The van der Waals surface area contributed by atoms with Crippen LogP contribution < -0.4 is 0 Å². The van der Waals surface area contributed by atoms with Crippen molar-refractivity contribution < 1.29 is 4.79 Å². The number of amides is 1. The van der Waals surface area contributed by atoms with E-state index >= 15 is 0 Å². The Balaban J connectivity index is 1.53. The topological polar surface area (TPSA) is 59.0 Å². The first kappa shape index (κ1) is 23.1. The lowest BCUT2D eigenvalue weighted by Crippen LogP contribution is -2.38. The summed E-state index contributed by atoms with van der Waals surface area (Å²) >= 11 is 0. The van der Waals surface area contributed by atoms with Crippen LogP contribution in [-0.2, 0) is 0 Å². The predicted octanol–water partition coefficient (Wildman–Crippen LogP) is 5.63. The number of rotatable bonds is 7. The summed E-state index contributed by atoms with van der Waals surface area (Å²) in [6.45, 7) is 9.15. The van der Waals surface area contributed by atoms with Crippen LogP contribution in [0, 0.1) is 0 Å². The minimum atomic E-state index is -0.0133. The lowest BCUT2D eigenvalue weighted by molar-refractivity contribution is 0.0707. The van der Waals surface area contributed by atoms with E-state index in [-0.39, 0.29) is 5.91 Å². The molecule has 3 heterocycles. The third-order valence-electron chi connectivity index (χ3n) is 5.55. The Morgan fingerprint density at radius 1 is 1.03 bits per heavy atom. The third kappa shape index (κ3) is 6.45. The van der Waals surface area contributed by atoms with E-state index in [9.17, 15) is 4.79 Å². The van der Waals surface area contributed by atoms with Crippen LogP contribution in [0.3, 0.4) is 0 Å². The molecule has 164 valence electrons. The quantitative estimate of drug-likeness (QED) is 0.539. The van der Waals surface area contributed by atoms with Gasteiger partial charge in [-0.15, -0.1) is 0 Å². The van der Waals surface area contributed by atoms with E-state index in [4.69, 9.17) is 0 Å². The van der Waals surface area contributed by atoms with Crippen molar-refractivity contribution in [3.05, 3.63) is 102 Å². The van der Waals surface area contributed by atoms with Gasteiger partial charge in [0.25, 0.3) is 5.91 Å². The van der Waals surface area contributed by atoms with Crippen LogP contribution >= 0.6 is 0 Å². The summed E-state index contributed by atoms with van der Waals surface area (Å²) in [7, 11) is 0. The van der Waals surface area contributed by atoms with Gasteiger partial charge in [0, 0.05) is 31.7 Å². The summed E-state index contributed by atoms with van der Waals surface area (Å²) < 4.78 is 0. The molecule has 0 atom stereocenters. The number of likely N-dealkylation sites (tertiary alicyclic amines) is 1. The first-order valence-electron chi connectivity index (χ1n) is 10.9. The van der Waals surface area contributed by atoms with Crippen LogP contribution in [0.15, 0.2) is 79.3 Å². The first-order chi connectivity index (χ1) is 15.6. The van der Waals surface area contributed by atoms with Gasteiger partial charge in [0.1, 0.15) is 5.69 Å². The molecular weight excluding hydrogens is 396 g/mol. The molecule has 1 amide bonds. The summed E-state index contributed by atoms with van der Waals surface area (Å²) in [6.07, 6.45) is 22.7. The number of allylic oxidation sites excluding steroid dienone is 7. The monoisotopic (exact) mass is 426 g/mol. The van der Waals surface area contributed by atoms with Crippen LogP contribution in [0.5, 0.6) is 0 Å². The predicted molar refractivity (Wildman–Crippen MR) is 131 cm³/mol. The SMILES string of the molecule is C=C/C=C\c1ccc(C(=O)N2CCC(c3cnc(/C=C/C=C\C(C)=C\C)nc3)CC2)nc1. The molecule has 0 aromatic carbocycles. The second-order valence-electron chi connectivity index (χ2n) is 7.76. The number of aromatic nitrogens is 3. The number of hydrogen-bond acceptors (Lipinski definition) is 4. The number of carbonyl (C=O) groups is 1. The Kier molecular flexibility index (Phi) is 8.44. The molecule has 5 nitrogen and oxygen atoms in total. The molecule has 1 aliphatic heterocycles. The highest BCUT2D eigenvalue weighted by molar-refractivity contribution is 5.92. The molecule has 2 aromatic heterocycles. The van der Waals surface area contributed by atoms with Crippen molar-refractivity contribution in [2.45, 2.75) is 32.6 Å². The van der Waals surface area contributed by atoms with E-state index < -0.39 is 0 Å². The molecular formula is C27H30N4O. The second kappa shape index (κ2) is 11.7. The maximum atomic E-state index is 12.8. The van der Waals surface area contributed by atoms with E-state index in [0.717, 1.165) is 24.0 Å². The average Bonchev–Trinajstić information content (AvgIpc) is 2.85. The van der Waals surface area contributed by atoms with Gasteiger partial charge in [-0.2, -0.15) is 0 Å². The summed E-state index contributed by atoms with van der Waals surface area (Å²) in [5.41, 5.74) is 3.77. The standard InChI is InChI=1S/C27H30N4O/c1-4-6-10-22-12-13-25(28-18-22)27(32)31-16-14-23(15-17-31)24-19-29-26(30-20-24)11-8-7-9-21(3)5-2/h4-13,18-20,23H,1,14-17H2,2-3H3/b9-7-,10-6-,11-8+,21-5+. The Morgan fingerprint density at radius 2 is 1.78 bits per heavy atom. The van der Waals surface area contributed by atoms with Crippen LogP contribution in [0.2, 0.25) is 0 Å². The fraction of sp³-hybridized carbons (Fsp3) is 0.259. The molecule has 0 radical (unpaired) electrons. The third-order valence-corrected chi connectivity index (χ3v) is 5.55. The van der Waals surface area contributed by atoms with E-state index in [1.54, 1.807) is 18.3 Å². The molecule has 0 saturated carbocycles. The molecule has 0 spiro atoms. The van der Waals surface area contributed by atoms with Gasteiger partial charge >= 0.3 is 0 Å². The fourth-order valence-electron chi connectivity index (χ4n) is 3.48. The molecule has 1 fully saturated rings. The molecule has 0 unspecified atom stereocenters. The summed E-state index contributed by atoms with van der Waals surface area (Å²) in [5.74, 6) is 1.05. The lowest BCUT2D eigenvalue weighted by atomic mass is 9.91. The number of nitrogens with zero attached hydrogens (tertiary/aromatic N) is 4. The molecule has 5 heteroatoms.